The predicted molar refractivity (Wildman–Crippen MR) is 104 cm³/mol. The van der Waals surface area contributed by atoms with Crippen LogP contribution in [0.4, 0.5) is 8.78 Å². The molecule has 0 amide bonds. The lowest BCUT2D eigenvalue weighted by Crippen LogP contribution is -2.41. The average molecular weight is 396 g/mol. The fourth-order valence-corrected chi connectivity index (χ4v) is 3.61. The first kappa shape index (κ1) is 18.8. The Bertz CT molecular complexity index is 1080. The number of amidine groups is 1. The summed E-state index contributed by atoms with van der Waals surface area (Å²) in [6, 6.07) is 11.7. The van der Waals surface area contributed by atoms with Crippen molar-refractivity contribution in [3.05, 3.63) is 99.7 Å². The maximum absolute atomic E-state index is 13.6. The Labute approximate surface area is 165 Å². The van der Waals surface area contributed by atoms with E-state index in [1.54, 1.807) is 24.3 Å². The monoisotopic (exact) mass is 396 g/mol. The van der Waals surface area contributed by atoms with Crippen molar-refractivity contribution in [3.63, 3.8) is 0 Å². The number of pyridine rings is 2. The van der Waals surface area contributed by atoms with Gasteiger partial charge in [0.05, 0.1) is 12.2 Å². The third-order valence-electron chi connectivity index (χ3n) is 5.07. The maximum Gasteiger partial charge on any atom is 0.282 e. The van der Waals surface area contributed by atoms with Gasteiger partial charge in [0, 0.05) is 23.4 Å². The van der Waals surface area contributed by atoms with Crippen molar-refractivity contribution < 1.29 is 13.6 Å². The van der Waals surface area contributed by atoms with E-state index in [1.807, 2.05) is 6.92 Å². The molecule has 1 aliphatic rings. The van der Waals surface area contributed by atoms with Crippen LogP contribution in [-0.2, 0) is 5.54 Å². The van der Waals surface area contributed by atoms with Crippen LogP contribution in [0.3, 0.4) is 0 Å². The highest BCUT2D eigenvalue weighted by Gasteiger charge is 2.45. The molecular formula is C21H18F2N4O2. The summed E-state index contributed by atoms with van der Waals surface area (Å²) in [5.41, 5.74) is 0.744. The number of benzene rings is 1. The van der Waals surface area contributed by atoms with E-state index in [4.69, 9.17) is 9.83 Å². The van der Waals surface area contributed by atoms with Crippen molar-refractivity contribution >= 4 is 5.84 Å². The molecule has 6 nitrogen and oxygen atoms in total. The first-order valence-corrected chi connectivity index (χ1v) is 8.96. The molecule has 0 spiro atoms. The van der Waals surface area contributed by atoms with E-state index < -0.39 is 11.5 Å². The standard InChI is InChI=1S/C21H18F2N4O2/c1-13-21(15-4-7-17(22)8-5-15,16-6-9-18(23)24-11-16)26-20(25-13)14-3-10-19(28)27(12-14)29-2/h3-13H,1-2H3,(H,25,26)/t13-,21+/m0/s1. The Morgan fingerprint density at radius 1 is 1.07 bits per heavy atom. The molecule has 1 aliphatic heterocycles. The molecule has 3 aromatic rings. The zero-order chi connectivity index (χ0) is 20.6. The molecule has 0 unspecified atom stereocenters. The zero-order valence-corrected chi connectivity index (χ0v) is 15.8. The van der Waals surface area contributed by atoms with Crippen LogP contribution in [0.15, 0.2) is 70.7 Å². The van der Waals surface area contributed by atoms with Crippen LogP contribution in [-0.4, -0.2) is 28.7 Å². The van der Waals surface area contributed by atoms with Crippen molar-refractivity contribution in [2.45, 2.75) is 18.5 Å². The van der Waals surface area contributed by atoms with Crippen molar-refractivity contribution in [3.8, 4) is 0 Å². The van der Waals surface area contributed by atoms with E-state index in [0.29, 0.717) is 17.0 Å². The largest absolute Gasteiger partial charge is 0.414 e. The lowest BCUT2D eigenvalue weighted by Gasteiger charge is -2.31. The van der Waals surface area contributed by atoms with E-state index in [1.165, 1.54) is 43.8 Å². The average Bonchev–Trinajstić information content (AvgIpc) is 3.07. The van der Waals surface area contributed by atoms with Gasteiger partial charge in [0.2, 0.25) is 5.95 Å². The van der Waals surface area contributed by atoms with Gasteiger partial charge in [-0.25, -0.2) is 14.4 Å². The first-order valence-electron chi connectivity index (χ1n) is 8.96. The van der Waals surface area contributed by atoms with Gasteiger partial charge in [0.25, 0.3) is 5.56 Å². The summed E-state index contributed by atoms with van der Waals surface area (Å²) < 4.78 is 28.1. The minimum Gasteiger partial charge on any atom is -0.414 e. The Hall–Kier alpha value is -3.55. The molecule has 4 rings (SSSR count). The Kier molecular flexibility index (Phi) is 4.62. The SMILES string of the molecule is COn1cc(C2=N[C@](c3ccc(F)cc3)(c3ccc(F)nc3)[C@H](C)N2)ccc1=O. The third kappa shape index (κ3) is 3.16. The number of aromatic nitrogens is 2. The van der Waals surface area contributed by atoms with Gasteiger partial charge in [-0.05, 0) is 36.8 Å². The molecule has 148 valence electrons. The number of halogens is 2. The fraction of sp³-hybridized carbons (Fsp3) is 0.190. The quantitative estimate of drug-likeness (QED) is 0.687. The second-order valence-electron chi connectivity index (χ2n) is 6.73. The van der Waals surface area contributed by atoms with Crippen LogP contribution in [0.25, 0.3) is 0 Å². The molecule has 0 bridgehead atoms. The number of hydrogen-bond donors (Lipinski definition) is 1. The molecule has 0 saturated heterocycles. The molecule has 2 atom stereocenters. The molecule has 0 fully saturated rings. The van der Waals surface area contributed by atoms with Gasteiger partial charge < -0.3 is 10.2 Å². The summed E-state index contributed by atoms with van der Waals surface area (Å²) in [4.78, 5) is 25.6. The van der Waals surface area contributed by atoms with Crippen LogP contribution < -0.4 is 15.7 Å². The lowest BCUT2D eigenvalue weighted by atomic mass is 9.79. The van der Waals surface area contributed by atoms with E-state index in [2.05, 4.69) is 10.3 Å². The number of hydrogen-bond acceptors (Lipinski definition) is 5. The zero-order valence-electron chi connectivity index (χ0n) is 15.8. The normalized spacial score (nSPS) is 20.8. The number of nitrogens with zero attached hydrogens (tertiary/aromatic N) is 3. The van der Waals surface area contributed by atoms with E-state index in [9.17, 15) is 13.6 Å². The summed E-state index contributed by atoms with van der Waals surface area (Å²) in [6.07, 6.45) is 2.96. The highest BCUT2D eigenvalue weighted by molar-refractivity contribution is 6.00. The fourth-order valence-electron chi connectivity index (χ4n) is 3.61. The van der Waals surface area contributed by atoms with Crippen LogP contribution in [0, 0.1) is 11.8 Å². The van der Waals surface area contributed by atoms with Crippen molar-refractivity contribution in [1.29, 1.82) is 0 Å². The number of rotatable bonds is 4. The van der Waals surface area contributed by atoms with Gasteiger partial charge in [-0.15, -0.1) is 0 Å². The molecular weight excluding hydrogens is 378 g/mol. The molecule has 0 aliphatic carbocycles. The van der Waals surface area contributed by atoms with Crippen molar-refractivity contribution in [2.75, 3.05) is 7.11 Å². The van der Waals surface area contributed by atoms with E-state index >= 15 is 0 Å². The van der Waals surface area contributed by atoms with Crippen LogP contribution in [0.2, 0.25) is 0 Å². The highest BCUT2D eigenvalue weighted by Crippen LogP contribution is 2.40. The predicted octanol–water partition coefficient (Wildman–Crippen LogP) is 2.26. The molecule has 29 heavy (non-hydrogen) atoms. The topological polar surface area (TPSA) is 68.5 Å². The molecule has 2 aromatic heterocycles. The number of aliphatic imine (C=N–C) groups is 1. The molecule has 1 N–H and O–H groups in total. The summed E-state index contributed by atoms with van der Waals surface area (Å²) in [5.74, 6) is -0.439. The van der Waals surface area contributed by atoms with Gasteiger partial charge >= 0.3 is 0 Å². The summed E-state index contributed by atoms with van der Waals surface area (Å²) in [6.45, 7) is 1.93. The van der Waals surface area contributed by atoms with Gasteiger partial charge in [-0.1, -0.05) is 18.2 Å². The van der Waals surface area contributed by atoms with Crippen LogP contribution >= 0.6 is 0 Å². The molecule has 0 radical (unpaired) electrons. The highest BCUT2D eigenvalue weighted by atomic mass is 19.1. The smallest absolute Gasteiger partial charge is 0.282 e. The Morgan fingerprint density at radius 3 is 2.45 bits per heavy atom. The minimum absolute atomic E-state index is 0.266. The van der Waals surface area contributed by atoms with Gasteiger partial charge in [0.1, 0.15) is 24.3 Å². The number of nitrogens with one attached hydrogen (secondary N) is 1. The van der Waals surface area contributed by atoms with E-state index in [0.717, 1.165) is 10.3 Å². The van der Waals surface area contributed by atoms with Gasteiger partial charge in [-0.3, -0.25) is 4.79 Å². The van der Waals surface area contributed by atoms with Crippen LogP contribution in [0.5, 0.6) is 0 Å². The maximum atomic E-state index is 13.6. The molecule has 8 heteroatoms. The second kappa shape index (κ2) is 7.12. The lowest BCUT2D eigenvalue weighted by molar-refractivity contribution is 0.157. The van der Waals surface area contributed by atoms with Gasteiger partial charge in [-0.2, -0.15) is 9.12 Å². The van der Waals surface area contributed by atoms with Crippen LogP contribution in [0.1, 0.15) is 23.6 Å². The minimum atomic E-state index is -0.961. The Morgan fingerprint density at radius 2 is 1.79 bits per heavy atom. The molecule has 3 heterocycles. The van der Waals surface area contributed by atoms with Crippen molar-refractivity contribution in [1.82, 2.24) is 15.0 Å². The van der Waals surface area contributed by atoms with Crippen molar-refractivity contribution in [2.24, 2.45) is 4.99 Å². The van der Waals surface area contributed by atoms with Gasteiger partial charge in [0.15, 0.2) is 0 Å². The molecule has 0 saturated carbocycles. The second-order valence-corrected chi connectivity index (χ2v) is 6.73. The Balaban J connectivity index is 1.91. The molecule has 1 aromatic carbocycles. The first-order chi connectivity index (χ1) is 13.9. The summed E-state index contributed by atoms with van der Waals surface area (Å²) in [5, 5.41) is 3.32. The van der Waals surface area contributed by atoms with E-state index in [-0.39, 0.29) is 17.4 Å². The summed E-state index contributed by atoms with van der Waals surface area (Å²) in [7, 11) is 1.39. The summed E-state index contributed by atoms with van der Waals surface area (Å²) >= 11 is 0. The third-order valence-corrected chi connectivity index (χ3v) is 5.07.